The number of hydrogen-bond donors (Lipinski definition) is 0. The molecule has 0 saturated carbocycles. The van der Waals surface area contributed by atoms with Crippen molar-refractivity contribution in [2.45, 2.75) is 34.3 Å². The van der Waals surface area contributed by atoms with Crippen LogP contribution in [0.15, 0.2) is 21.3 Å². The third kappa shape index (κ3) is 2.62. The summed E-state index contributed by atoms with van der Waals surface area (Å²) in [6.45, 7) is 7.96. The van der Waals surface area contributed by atoms with E-state index in [0.29, 0.717) is 23.5 Å². The highest BCUT2D eigenvalue weighted by molar-refractivity contribution is 7.11. The number of aryl methyl sites for hydroxylation is 3. The van der Waals surface area contributed by atoms with Crippen molar-refractivity contribution in [3.63, 3.8) is 0 Å². The molecule has 0 unspecified atom stereocenters. The van der Waals surface area contributed by atoms with Crippen LogP contribution in [0.25, 0.3) is 11.0 Å². The number of benzene rings is 1. The predicted octanol–water partition coefficient (Wildman–Crippen LogP) is 3.46. The first kappa shape index (κ1) is 14.7. The van der Waals surface area contributed by atoms with Gasteiger partial charge in [0.1, 0.15) is 22.9 Å². The van der Waals surface area contributed by atoms with Gasteiger partial charge in [-0.3, -0.25) is 0 Å². The number of fused-ring (bicyclic) bond motifs is 1. The zero-order chi connectivity index (χ0) is 15.9. The maximum Gasteiger partial charge on any atom is 0.339 e. The van der Waals surface area contributed by atoms with Crippen molar-refractivity contribution in [1.82, 2.24) is 10.2 Å². The molecular formula is C16H16N2O3S. The number of nitrogens with zero attached hydrogens (tertiary/aromatic N) is 2. The molecule has 2 heterocycles. The highest BCUT2D eigenvalue weighted by Gasteiger charge is 2.12. The van der Waals surface area contributed by atoms with Gasteiger partial charge in [-0.05, 0) is 44.9 Å². The summed E-state index contributed by atoms with van der Waals surface area (Å²) >= 11 is 1.50. The zero-order valence-electron chi connectivity index (χ0n) is 12.9. The summed E-state index contributed by atoms with van der Waals surface area (Å²) in [4.78, 5) is 11.8. The number of ether oxygens (including phenoxy) is 1. The van der Waals surface area contributed by atoms with E-state index in [9.17, 15) is 4.79 Å². The maximum atomic E-state index is 11.8. The Hall–Kier alpha value is -2.21. The summed E-state index contributed by atoms with van der Waals surface area (Å²) in [5, 5.41) is 10.7. The van der Waals surface area contributed by atoms with Gasteiger partial charge in [0.05, 0.1) is 0 Å². The number of hydrogen-bond acceptors (Lipinski definition) is 6. The van der Waals surface area contributed by atoms with Crippen molar-refractivity contribution in [3.8, 4) is 5.75 Å². The van der Waals surface area contributed by atoms with Crippen LogP contribution in [0.3, 0.4) is 0 Å². The van der Waals surface area contributed by atoms with Crippen LogP contribution < -0.4 is 10.4 Å². The Balaban J connectivity index is 1.98. The molecule has 1 aromatic carbocycles. The van der Waals surface area contributed by atoms with Gasteiger partial charge in [-0.2, -0.15) is 0 Å². The van der Waals surface area contributed by atoms with Gasteiger partial charge >= 0.3 is 5.63 Å². The van der Waals surface area contributed by atoms with E-state index in [1.807, 2.05) is 26.8 Å². The smallest absolute Gasteiger partial charge is 0.339 e. The van der Waals surface area contributed by atoms with E-state index < -0.39 is 0 Å². The molecule has 0 amide bonds. The predicted molar refractivity (Wildman–Crippen MR) is 85.7 cm³/mol. The summed E-state index contributed by atoms with van der Waals surface area (Å²) in [7, 11) is 0. The lowest BCUT2D eigenvalue weighted by Crippen LogP contribution is -2.06. The number of aromatic nitrogens is 2. The van der Waals surface area contributed by atoms with Gasteiger partial charge in [-0.15, -0.1) is 10.2 Å². The molecule has 22 heavy (non-hydrogen) atoms. The van der Waals surface area contributed by atoms with E-state index in [1.165, 1.54) is 11.3 Å². The summed E-state index contributed by atoms with van der Waals surface area (Å²) in [6, 6.07) is 3.70. The average Bonchev–Trinajstić information content (AvgIpc) is 2.88. The van der Waals surface area contributed by atoms with E-state index in [0.717, 1.165) is 26.5 Å². The zero-order valence-corrected chi connectivity index (χ0v) is 13.7. The minimum absolute atomic E-state index is 0.304. The average molecular weight is 316 g/mol. The molecule has 3 aromatic rings. The van der Waals surface area contributed by atoms with Crippen molar-refractivity contribution in [1.29, 1.82) is 0 Å². The Labute approximate surface area is 131 Å². The van der Waals surface area contributed by atoms with Crippen molar-refractivity contribution < 1.29 is 9.15 Å². The van der Waals surface area contributed by atoms with Crippen molar-refractivity contribution in [3.05, 3.63) is 49.3 Å². The van der Waals surface area contributed by atoms with Gasteiger partial charge in [0, 0.05) is 17.0 Å². The first-order valence-electron chi connectivity index (χ1n) is 6.92. The maximum absolute atomic E-state index is 11.8. The summed E-state index contributed by atoms with van der Waals surface area (Å²) < 4.78 is 11.1. The van der Waals surface area contributed by atoms with Crippen LogP contribution in [0, 0.1) is 27.7 Å². The third-order valence-corrected chi connectivity index (χ3v) is 4.46. The molecule has 6 heteroatoms. The van der Waals surface area contributed by atoms with Crippen molar-refractivity contribution >= 4 is 22.3 Å². The molecule has 0 spiro atoms. The SMILES string of the molecule is Cc1nnc(COc2cc(C)c3c(C)c(C)c(=O)oc3c2)s1. The fraction of sp³-hybridized carbons (Fsp3) is 0.312. The van der Waals surface area contributed by atoms with Crippen LogP contribution in [-0.2, 0) is 6.61 Å². The lowest BCUT2D eigenvalue weighted by atomic mass is 10.0. The monoisotopic (exact) mass is 316 g/mol. The molecule has 0 saturated heterocycles. The van der Waals surface area contributed by atoms with E-state index in [-0.39, 0.29) is 5.63 Å². The fourth-order valence-electron chi connectivity index (χ4n) is 2.43. The summed E-state index contributed by atoms with van der Waals surface area (Å²) in [5.74, 6) is 0.657. The Bertz CT molecular complexity index is 912. The second kappa shape index (κ2) is 5.53. The van der Waals surface area contributed by atoms with E-state index in [1.54, 1.807) is 13.0 Å². The summed E-state index contributed by atoms with van der Waals surface area (Å²) in [5.41, 5.74) is 2.87. The molecule has 0 radical (unpaired) electrons. The normalized spacial score (nSPS) is 11.1. The minimum Gasteiger partial charge on any atom is -0.486 e. The van der Waals surface area contributed by atoms with Gasteiger partial charge in [0.2, 0.25) is 0 Å². The van der Waals surface area contributed by atoms with Gasteiger partial charge in [0.25, 0.3) is 0 Å². The van der Waals surface area contributed by atoms with Gasteiger partial charge in [0.15, 0.2) is 5.01 Å². The molecule has 0 aliphatic heterocycles. The van der Waals surface area contributed by atoms with Gasteiger partial charge in [-0.25, -0.2) is 4.79 Å². The molecule has 0 N–H and O–H groups in total. The van der Waals surface area contributed by atoms with Crippen LogP contribution in [0.5, 0.6) is 5.75 Å². The standard InChI is InChI=1S/C16H16N2O3S/c1-8-5-12(20-7-14-18-17-11(4)22-14)6-13-15(8)9(2)10(3)16(19)21-13/h5-6H,7H2,1-4H3. The number of rotatable bonds is 3. The topological polar surface area (TPSA) is 65.2 Å². The molecule has 0 bridgehead atoms. The van der Waals surface area contributed by atoms with E-state index in [4.69, 9.17) is 9.15 Å². The van der Waals surface area contributed by atoms with Gasteiger partial charge < -0.3 is 9.15 Å². The largest absolute Gasteiger partial charge is 0.486 e. The third-order valence-electron chi connectivity index (χ3n) is 3.65. The molecule has 2 aromatic heterocycles. The molecule has 0 aliphatic rings. The molecule has 5 nitrogen and oxygen atoms in total. The Morgan fingerprint density at radius 2 is 1.91 bits per heavy atom. The Morgan fingerprint density at radius 3 is 2.59 bits per heavy atom. The quantitative estimate of drug-likeness (QED) is 0.692. The molecule has 3 rings (SSSR count). The molecule has 114 valence electrons. The lowest BCUT2D eigenvalue weighted by Gasteiger charge is -2.10. The Kier molecular flexibility index (Phi) is 3.70. The Morgan fingerprint density at radius 1 is 1.14 bits per heavy atom. The minimum atomic E-state index is -0.304. The molecule has 0 atom stereocenters. The molecular weight excluding hydrogens is 300 g/mol. The summed E-state index contributed by atoms with van der Waals surface area (Å²) in [6.07, 6.45) is 0. The second-order valence-electron chi connectivity index (χ2n) is 5.26. The van der Waals surface area contributed by atoms with Crippen molar-refractivity contribution in [2.75, 3.05) is 0 Å². The van der Waals surface area contributed by atoms with Crippen LogP contribution in [0.1, 0.15) is 26.7 Å². The van der Waals surface area contributed by atoms with Gasteiger partial charge in [-0.1, -0.05) is 11.3 Å². The fourth-order valence-corrected chi connectivity index (χ4v) is 3.05. The second-order valence-corrected chi connectivity index (χ2v) is 6.52. The first-order chi connectivity index (χ1) is 10.5. The molecule has 0 fully saturated rings. The molecule has 0 aliphatic carbocycles. The highest BCUT2D eigenvalue weighted by atomic mass is 32.1. The lowest BCUT2D eigenvalue weighted by molar-refractivity contribution is 0.304. The van der Waals surface area contributed by atoms with E-state index in [2.05, 4.69) is 10.2 Å². The van der Waals surface area contributed by atoms with Crippen LogP contribution in [-0.4, -0.2) is 10.2 Å². The first-order valence-corrected chi connectivity index (χ1v) is 7.74. The van der Waals surface area contributed by atoms with E-state index >= 15 is 0 Å². The van der Waals surface area contributed by atoms with Crippen LogP contribution in [0.4, 0.5) is 0 Å². The van der Waals surface area contributed by atoms with Crippen LogP contribution in [0.2, 0.25) is 0 Å². The highest BCUT2D eigenvalue weighted by Crippen LogP contribution is 2.28. The van der Waals surface area contributed by atoms with Crippen LogP contribution >= 0.6 is 11.3 Å². The van der Waals surface area contributed by atoms with Crippen molar-refractivity contribution in [2.24, 2.45) is 0 Å².